The van der Waals surface area contributed by atoms with E-state index in [-0.39, 0.29) is 10.9 Å². The molecule has 0 atom stereocenters. The number of anilines is 1. The van der Waals surface area contributed by atoms with Crippen LogP contribution in [0, 0.1) is 0 Å². The summed E-state index contributed by atoms with van der Waals surface area (Å²) in [6.45, 7) is 2.72. The molecular formula is C13H20BrN3O2S. The van der Waals surface area contributed by atoms with Crippen molar-refractivity contribution in [1.82, 2.24) is 9.71 Å². The zero-order chi connectivity index (χ0) is 14.6. The van der Waals surface area contributed by atoms with E-state index in [0.717, 1.165) is 32.1 Å². The van der Waals surface area contributed by atoms with Gasteiger partial charge in [-0.15, -0.1) is 0 Å². The number of sulfonamides is 1. The topological polar surface area (TPSA) is 71.1 Å². The summed E-state index contributed by atoms with van der Waals surface area (Å²) in [4.78, 5) is 4.39. The average Bonchev–Trinajstić information content (AvgIpc) is 2.89. The standard InChI is InChI=1S/C13H20BrN3O2S/c1-2-7-15-13-12(8-10(14)9-16-13)20(18,19)17-11-5-3-4-6-11/h8-9,11,17H,2-7H2,1H3,(H,15,16). The van der Waals surface area contributed by atoms with Crippen LogP contribution in [0.5, 0.6) is 0 Å². The Balaban J connectivity index is 2.26. The summed E-state index contributed by atoms with van der Waals surface area (Å²) in [5.41, 5.74) is 0. The molecule has 1 heterocycles. The molecule has 2 N–H and O–H groups in total. The van der Waals surface area contributed by atoms with Crippen LogP contribution in [0.3, 0.4) is 0 Å². The molecule has 1 saturated carbocycles. The van der Waals surface area contributed by atoms with E-state index in [1.807, 2.05) is 6.92 Å². The number of pyridine rings is 1. The Kier molecular flexibility index (Phi) is 5.40. The normalized spacial score (nSPS) is 16.5. The minimum atomic E-state index is -3.53. The van der Waals surface area contributed by atoms with Crippen molar-refractivity contribution in [3.05, 3.63) is 16.7 Å². The predicted molar refractivity (Wildman–Crippen MR) is 83.3 cm³/mol. The molecule has 1 aromatic heterocycles. The molecule has 20 heavy (non-hydrogen) atoms. The molecule has 0 saturated heterocycles. The van der Waals surface area contributed by atoms with Crippen LogP contribution in [0.25, 0.3) is 0 Å². The highest BCUT2D eigenvalue weighted by molar-refractivity contribution is 9.10. The van der Waals surface area contributed by atoms with Crippen molar-refractivity contribution in [2.24, 2.45) is 0 Å². The van der Waals surface area contributed by atoms with E-state index in [0.29, 0.717) is 16.8 Å². The number of hydrogen-bond acceptors (Lipinski definition) is 4. The first-order valence-corrected chi connectivity index (χ1v) is 9.22. The Morgan fingerprint density at radius 2 is 2.10 bits per heavy atom. The molecule has 0 aliphatic heterocycles. The first kappa shape index (κ1) is 15.7. The smallest absolute Gasteiger partial charge is 0.244 e. The van der Waals surface area contributed by atoms with Gasteiger partial charge in [0.15, 0.2) is 0 Å². The molecule has 1 aliphatic rings. The first-order chi connectivity index (χ1) is 9.53. The second kappa shape index (κ2) is 6.87. The predicted octanol–water partition coefficient (Wildman–Crippen LogP) is 2.89. The third kappa shape index (κ3) is 3.93. The van der Waals surface area contributed by atoms with Crippen LogP contribution in [-0.4, -0.2) is 26.0 Å². The Morgan fingerprint density at radius 1 is 1.40 bits per heavy atom. The van der Waals surface area contributed by atoms with Gasteiger partial charge in [0.1, 0.15) is 10.7 Å². The molecule has 0 unspecified atom stereocenters. The number of rotatable bonds is 6. The molecule has 112 valence electrons. The van der Waals surface area contributed by atoms with Crippen LogP contribution in [-0.2, 0) is 10.0 Å². The summed E-state index contributed by atoms with van der Waals surface area (Å²) in [6.07, 6.45) is 6.52. The monoisotopic (exact) mass is 361 g/mol. The molecule has 2 rings (SSSR count). The van der Waals surface area contributed by atoms with Gasteiger partial charge < -0.3 is 5.32 Å². The Morgan fingerprint density at radius 3 is 2.75 bits per heavy atom. The minimum Gasteiger partial charge on any atom is -0.369 e. The third-order valence-electron chi connectivity index (χ3n) is 3.33. The van der Waals surface area contributed by atoms with Crippen molar-refractivity contribution in [2.75, 3.05) is 11.9 Å². The van der Waals surface area contributed by atoms with E-state index >= 15 is 0 Å². The largest absolute Gasteiger partial charge is 0.369 e. The molecule has 0 spiro atoms. The number of aromatic nitrogens is 1. The van der Waals surface area contributed by atoms with Crippen molar-refractivity contribution in [3.63, 3.8) is 0 Å². The molecule has 5 nitrogen and oxygen atoms in total. The van der Waals surface area contributed by atoms with Gasteiger partial charge in [-0.25, -0.2) is 18.1 Å². The van der Waals surface area contributed by atoms with Crippen LogP contribution in [0.4, 0.5) is 5.82 Å². The fraction of sp³-hybridized carbons (Fsp3) is 0.615. The van der Waals surface area contributed by atoms with Gasteiger partial charge in [0, 0.05) is 23.3 Å². The van der Waals surface area contributed by atoms with Crippen LogP contribution in [0.2, 0.25) is 0 Å². The van der Waals surface area contributed by atoms with Gasteiger partial charge in [0.25, 0.3) is 0 Å². The quantitative estimate of drug-likeness (QED) is 0.816. The molecule has 0 radical (unpaired) electrons. The maximum Gasteiger partial charge on any atom is 0.244 e. The van der Waals surface area contributed by atoms with Gasteiger partial charge in [0.05, 0.1) is 0 Å². The van der Waals surface area contributed by atoms with Crippen LogP contribution < -0.4 is 10.0 Å². The minimum absolute atomic E-state index is 0.0537. The molecule has 0 bridgehead atoms. The molecular weight excluding hydrogens is 342 g/mol. The van der Waals surface area contributed by atoms with Crippen molar-refractivity contribution in [3.8, 4) is 0 Å². The highest BCUT2D eigenvalue weighted by Gasteiger charge is 2.25. The Bertz CT molecular complexity index is 557. The summed E-state index contributed by atoms with van der Waals surface area (Å²) in [6, 6.07) is 1.65. The molecule has 7 heteroatoms. The summed E-state index contributed by atoms with van der Waals surface area (Å²) in [5.74, 6) is 0.417. The van der Waals surface area contributed by atoms with Crippen LogP contribution in [0.15, 0.2) is 21.6 Å². The highest BCUT2D eigenvalue weighted by Crippen LogP contribution is 2.25. The highest BCUT2D eigenvalue weighted by atomic mass is 79.9. The maximum atomic E-state index is 12.5. The Labute approximate surface area is 128 Å². The molecule has 1 aromatic rings. The van der Waals surface area contributed by atoms with Crippen molar-refractivity contribution in [1.29, 1.82) is 0 Å². The van der Waals surface area contributed by atoms with Gasteiger partial charge in [-0.2, -0.15) is 0 Å². The third-order valence-corrected chi connectivity index (χ3v) is 5.30. The lowest BCUT2D eigenvalue weighted by Crippen LogP contribution is -2.33. The maximum absolute atomic E-state index is 12.5. The van der Waals surface area contributed by atoms with Crippen molar-refractivity contribution < 1.29 is 8.42 Å². The second-order valence-corrected chi connectivity index (χ2v) is 7.63. The first-order valence-electron chi connectivity index (χ1n) is 6.94. The SMILES string of the molecule is CCCNc1ncc(Br)cc1S(=O)(=O)NC1CCCC1. The molecule has 0 amide bonds. The number of hydrogen-bond donors (Lipinski definition) is 2. The zero-order valence-electron chi connectivity index (χ0n) is 11.5. The van der Waals surface area contributed by atoms with Crippen LogP contribution in [0.1, 0.15) is 39.0 Å². The lowest BCUT2D eigenvalue weighted by molar-refractivity contribution is 0.552. The van der Waals surface area contributed by atoms with Gasteiger partial charge in [-0.3, -0.25) is 0 Å². The fourth-order valence-electron chi connectivity index (χ4n) is 2.33. The van der Waals surface area contributed by atoms with Gasteiger partial charge >= 0.3 is 0 Å². The van der Waals surface area contributed by atoms with Crippen molar-refractivity contribution in [2.45, 2.75) is 50.0 Å². The summed E-state index contributed by atoms with van der Waals surface area (Å²) in [7, 11) is -3.53. The summed E-state index contributed by atoms with van der Waals surface area (Å²) >= 11 is 3.29. The van der Waals surface area contributed by atoms with E-state index in [2.05, 4.69) is 31.0 Å². The van der Waals surface area contributed by atoms with Gasteiger partial charge in [0.2, 0.25) is 10.0 Å². The number of halogens is 1. The van der Waals surface area contributed by atoms with Crippen molar-refractivity contribution >= 4 is 31.8 Å². The lowest BCUT2D eigenvalue weighted by Gasteiger charge is -2.15. The van der Waals surface area contributed by atoms with E-state index in [4.69, 9.17) is 0 Å². The second-order valence-electron chi connectivity index (χ2n) is 5.03. The fourth-order valence-corrected chi connectivity index (χ4v) is 4.27. The van der Waals surface area contributed by atoms with E-state index in [1.54, 1.807) is 12.3 Å². The van der Waals surface area contributed by atoms with Crippen LogP contribution >= 0.6 is 15.9 Å². The summed E-state index contributed by atoms with van der Waals surface area (Å²) < 4.78 is 28.5. The van der Waals surface area contributed by atoms with E-state index in [9.17, 15) is 8.42 Å². The lowest BCUT2D eigenvalue weighted by atomic mass is 10.3. The Hall–Kier alpha value is -0.660. The van der Waals surface area contributed by atoms with Gasteiger partial charge in [-0.05, 0) is 41.3 Å². The number of nitrogens with zero attached hydrogens (tertiary/aromatic N) is 1. The zero-order valence-corrected chi connectivity index (χ0v) is 13.9. The van der Waals surface area contributed by atoms with Gasteiger partial charge in [-0.1, -0.05) is 19.8 Å². The average molecular weight is 362 g/mol. The summed E-state index contributed by atoms with van der Waals surface area (Å²) in [5, 5.41) is 3.07. The number of nitrogens with one attached hydrogen (secondary N) is 2. The van der Waals surface area contributed by atoms with E-state index < -0.39 is 10.0 Å². The van der Waals surface area contributed by atoms with E-state index in [1.165, 1.54) is 0 Å². The molecule has 0 aromatic carbocycles. The molecule has 1 fully saturated rings. The molecule has 1 aliphatic carbocycles.